The zero-order chi connectivity index (χ0) is 13.4. The first-order valence-corrected chi connectivity index (χ1v) is 5.42. The van der Waals surface area contributed by atoms with Gasteiger partial charge in [0, 0.05) is 24.9 Å². The number of nitrogens with one attached hydrogen (secondary N) is 2. The number of carboxylic acids is 1. The maximum atomic E-state index is 11.2. The number of aromatic nitrogens is 1. The minimum absolute atomic E-state index is 0.329. The highest BCUT2D eigenvalue weighted by Gasteiger charge is 2.13. The lowest BCUT2D eigenvalue weighted by molar-refractivity contribution is -0.146. The molecule has 0 saturated heterocycles. The van der Waals surface area contributed by atoms with Gasteiger partial charge in [0.25, 0.3) is 0 Å². The molecule has 0 aromatic carbocycles. The largest absolute Gasteiger partial charge is 0.479 e. The molecule has 0 spiro atoms. The molecule has 1 aromatic heterocycles. The number of carbonyl (C=O) groups is 2. The summed E-state index contributed by atoms with van der Waals surface area (Å²) in [5, 5.41) is 22.1. The molecule has 98 valence electrons. The lowest BCUT2D eigenvalue weighted by Crippen LogP contribution is -2.42. The van der Waals surface area contributed by atoms with Crippen molar-refractivity contribution in [1.82, 2.24) is 15.6 Å². The van der Waals surface area contributed by atoms with Crippen LogP contribution in [0.4, 0.5) is 4.79 Å². The SMILES string of the molecule is O=C(NCCc1ccccn1)NC[C@H](O)C(=O)O. The topological polar surface area (TPSA) is 112 Å². The molecule has 0 radical (unpaired) electrons. The van der Waals surface area contributed by atoms with Gasteiger partial charge < -0.3 is 20.8 Å². The van der Waals surface area contributed by atoms with Crippen molar-refractivity contribution in [1.29, 1.82) is 0 Å². The molecule has 1 atom stereocenters. The second kappa shape index (κ2) is 7.23. The highest BCUT2D eigenvalue weighted by molar-refractivity contribution is 5.76. The predicted molar refractivity (Wildman–Crippen MR) is 63.0 cm³/mol. The molecular weight excluding hydrogens is 238 g/mol. The van der Waals surface area contributed by atoms with Gasteiger partial charge in [-0.15, -0.1) is 0 Å². The Kier molecular flexibility index (Phi) is 5.59. The number of rotatable bonds is 6. The van der Waals surface area contributed by atoms with E-state index in [4.69, 9.17) is 10.2 Å². The Morgan fingerprint density at radius 1 is 1.33 bits per heavy atom. The molecule has 1 heterocycles. The van der Waals surface area contributed by atoms with Crippen LogP contribution in [0.3, 0.4) is 0 Å². The van der Waals surface area contributed by atoms with Crippen LogP contribution in [0.5, 0.6) is 0 Å². The smallest absolute Gasteiger partial charge is 0.334 e. The number of urea groups is 1. The molecule has 4 N–H and O–H groups in total. The van der Waals surface area contributed by atoms with Crippen LogP contribution in [-0.2, 0) is 11.2 Å². The van der Waals surface area contributed by atoms with E-state index < -0.39 is 18.1 Å². The quantitative estimate of drug-likeness (QED) is 0.539. The third-order valence-corrected chi connectivity index (χ3v) is 2.13. The van der Waals surface area contributed by atoms with E-state index >= 15 is 0 Å². The number of aliphatic carboxylic acids is 1. The molecule has 0 unspecified atom stereocenters. The van der Waals surface area contributed by atoms with E-state index in [0.717, 1.165) is 5.69 Å². The standard InChI is InChI=1S/C11H15N3O4/c15-9(10(16)17)7-14-11(18)13-6-4-8-3-1-2-5-12-8/h1-3,5,9,15H,4,6-7H2,(H,16,17)(H2,13,14,18)/t9-/m0/s1. The predicted octanol–water partition coefficient (Wildman–Crippen LogP) is -0.631. The van der Waals surface area contributed by atoms with Gasteiger partial charge in [-0.1, -0.05) is 6.07 Å². The highest BCUT2D eigenvalue weighted by Crippen LogP contribution is 1.92. The fourth-order valence-electron chi connectivity index (χ4n) is 1.19. The van der Waals surface area contributed by atoms with E-state index in [1.807, 2.05) is 12.1 Å². The number of pyridine rings is 1. The molecule has 0 aliphatic rings. The number of aliphatic hydroxyl groups excluding tert-OH is 1. The number of carbonyl (C=O) groups excluding carboxylic acids is 1. The molecule has 0 bridgehead atoms. The second-order valence-electron chi connectivity index (χ2n) is 3.56. The average molecular weight is 253 g/mol. The molecule has 7 heteroatoms. The van der Waals surface area contributed by atoms with Gasteiger partial charge in [0.15, 0.2) is 6.10 Å². The summed E-state index contributed by atoms with van der Waals surface area (Å²) in [6.45, 7) is 0.0523. The normalized spacial score (nSPS) is 11.6. The zero-order valence-corrected chi connectivity index (χ0v) is 9.67. The molecular formula is C11H15N3O4. The van der Waals surface area contributed by atoms with E-state index in [9.17, 15) is 9.59 Å². The third-order valence-electron chi connectivity index (χ3n) is 2.13. The Balaban J connectivity index is 2.16. The molecule has 2 amide bonds. The lowest BCUT2D eigenvalue weighted by atomic mass is 10.3. The minimum Gasteiger partial charge on any atom is -0.479 e. The number of carboxylic acid groups (broad SMARTS) is 1. The minimum atomic E-state index is -1.59. The maximum absolute atomic E-state index is 11.2. The van der Waals surface area contributed by atoms with Gasteiger partial charge >= 0.3 is 12.0 Å². The second-order valence-corrected chi connectivity index (χ2v) is 3.56. The van der Waals surface area contributed by atoms with Gasteiger partial charge in [-0.3, -0.25) is 4.98 Å². The number of hydrogen-bond donors (Lipinski definition) is 4. The van der Waals surface area contributed by atoms with Crippen molar-refractivity contribution in [2.75, 3.05) is 13.1 Å². The van der Waals surface area contributed by atoms with Crippen molar-refractivity contribution < 1.29 is 19.8 Å². The first-order chi connectivity index (χ1) is 8.59. The van der Waals surface area contributed by atoms with Crippen molar-refractivity contribution in [3.8, 4) is 0 Å². The van der Waals surface area contributed by atoms with Crippen molar-refractivity contribution in [2.45, 2.75) is 12.5 Å². The van der Waals surface area contributed by atoms with E-state index in [2.05, 4.69) is 15.6 Å². The Hall–Kier alpha value is -2.15. The number of hydrogen-bond acceptors (Lipinski definition) is 4. The van der Waals surface area contributed by atoms with Crippen molar-refractivity contribution in [3.63, 3.8) is 0 Å². The summed E-state index contributed by atoms with van der Waals surface area (Å²) >= 11 is 0. The van der Waals surface area contributed by atoms with Crippen LogP contribution in [0.2, 0.25) is 0 Å². The first kappa shape index (κ1) is 13.9. The molecule has 0 aliphatic carbocycles. The van der Waals surface area contributed by atoms with E-state index in [1.165, 1.54) is 0 Å². The summed E-state index contributed by atoms with van der Waals surface area (Å²) in [6, 6.07) is 4.97. The van der Waals surface area contributed by atoms with Gasteiger partial charge in [-0.25, -0.2) is 9.59 Å². The van der Waals surface area contributed by atoms with Crippen LogP contribution in [0.25, 0.3) is 0 Å². The van der Waals surface area contributed by atoms with Gasteiger partial charge in [-0.2, -0.15) is 0 Å². The summed E-state index contributed by atoms with van der Waals surface area (Å²) in [5.74, 6) is -1.37. The molecule has 1 aromatic rings. The fraction of sp³-hybridized carbons (Fsp3) is 0.364. The highest BCUT2D eigenvalue weighted by atomic mass is 16.4. The molecule has 0 fully saturated rings. The number of amides is 2. The average Bonchev–Trinajstić information content (AvgIpc) is 2.37. The van der Waals surface area contributed by atoms with Crippen molar-refractivity contribution >= 4 is 12.0 Å². The Morgan fingerprint density at radius 2 is 2.11 bits per heavy atom. The molecule has 0 saturated carbocycles. The van der Waals surface area contributed by atoms with Gasteiger partial charge in [0.05, 0.1) is 6.54 Å². The molecule has 0 aliphatic heterocycles. The van der Waals surface area contributed by atoms with Crippen LogP contribution in [0.1, 0.15) is 5.69 Å². The Bertz CT molecular complexity index is 397. The third kappa shape index (κ3) is 5.26. The molecule has 18 heavy (non-hydrogen) atoms. The number of nitrogens with zero attached hydrogens (tertiary/aromatic N) is 1. The summed E-state index contributed by atoms with van der Waals surface area (Å²) < 4.78 is 0. The van der Waals surface area contributed by atoms with Crippen LogP contribution >= 0.6 is 0 Å². The van der Waals surface area contributed by atoms with E-state index in [-0.39, 0.29) is 6.54 Å². The summed E-state index contributed by atoms with van der Waals surface area (Å²) in [5.41, 5.74) is 0.850. The van der Waals surface area contributed by atoms with Crippen LogP contribution in [-0.4, -0.2) is 46.4 Å². The van der Waals surface area contributed by atoms with E-state index in [0.29, 0.717) is 13.0 Å². The van der Waals surface area contributed by atoms with E-state index in [1.54, 1.807) is 12.3 Å². The van der Waals surface area contributed by atoms with Gasteiger partial charge in [0.1, 0.15) is 0 Å². The van der Waals surface area contributed by atoms with Gasteiger partial charge in [-0.05, 0) is 12.1 Å². The monoisotopic (exact) mass is 253 g/mol. The number of aliphatic hydroxyl groups is 1. The molecule has 7 nitrogen and oxygen atoms in total. The summed E-state index contributed by atoms with van der Waals surface area (Å²) in [7, 11) is 0. The lowest BCUT2D eigenvalue weighted by Gasteiger charge is -2.09. The molecule has 1 rings (SSSR count). The zero-order valence-electron chi connectivity index (χ0n) is 9.67. The Morgan fingerprint density at radius 3 is 2.72 bits per heavy atom. The van der Waals surface area contributed by atoms with Crippen LogP contribution in [0.15, 0.2) is 24.4 Å². The summed E-state index contributed by atoms with van der Waals surface area (Å²) in [4.78, 5) is 25.6. The van der Waals surface area contributed by atoms with Gasteiger partial charge in [0.2, 0.25) is 0 Å². The van der Waals surface area contributed by atoms with Crippen LogP contribution in [0, 0.1) is 0 Å². The maximum Gasteiger partial charge on any atom is 0.334 e. The Labute approximate surface area is 104 Å². The van der Waals surface area contributed by atoms with Crippen molar-refractivity contribution in [2.24, 2.45) is 0 Å². The van der Waals surface area contributed by atoms with Crippen LogP contribution < -0.4 is 10.6 Å². The fourth-order valence-corrected chi connectivity index (χ4v) is 1.19. The first-order valence-electron chi connectivity index (χ1n) is 5.42. The summed E-state index contributed by atoms with van der Waals surface area (Å²) in [6.07, 6.45) is 0.653. The van der Waals surface area contributed by atoms with Crippen molar-refractivity contribution in [3.05, 3.63) is 30.1 Å².